The fourth-order valence-electron chi connectivity index (χ4n) is 1.19. The lowest BCUT2D eigenvalue weighted by molar-refractivity contribution is 0.181. The Kier molecular flexibility index (Phi) is 4.99. The number of thioether (sulfide) groups is 1. The Hall–Kier alpha value is 0.01000. The van der Waals surface area contributed by atoms with Crippen LogP contribution in [-0.4, -0.2) is 15.7 Å². The van der Waals surface area contributed by atoms with Crippen molar-refractivity contribution in [3.8, 4) is 0 Å². The van der Waals surface area contributed by atoms with Crippen LogP contribution >= 0.6 is 27.7 Å². The van der Waals surface area contributed by atoms with Gasteiger partial charge in [0.1, 0.15) is 0 Å². The third kappa shape index (κ3) is 3.30. The van der Waals surface area contributed by atoms with Gasteiger partial charge in [-0.25, -0.2) is 0 Å². The summed E-state index contributed by atoms with van der Waals surface area (Å²) in [7, 11) is 0. The fourth-order valence-corrected chi connectivity index (χ4v) is 2.16. The Bertz CT molecular complexity index is 271. The summed E-state index contributed by atoms with van der Waals surface area (Å²) in [4.78, 5) is 1.35. The Morgan fingerprint density at radius 2 is 1.93 bits per heavy atom. The minimum atomic E-state index is -0.421. The second kappa shape index (κ2) is 5.79. The summed E-state index contributed by atoms with van der Waals surface area (Å²) < 4.78 is 0. The minimum Gasteiger partial charge on any atom is -0.387 e. The van der Waals surface area contributed by atoms with Gasteiger partial charge in [0, 0.05) is 9.72 Å². The maximum atomic E-state index is 9.76. The van der Waals surface area contributed by atoms with Gasteiger partial charge in [-0.15, -0.1) is 11.8 Å². The van der Waals surface area contributed by atoms with Gasteiger partial charge in [-0.3, -0.25) is 0 Å². The zero-order valence-electron chi connectivity index (χ0n) is 8.40. The minimum absolute atomic E-state index is 0.0900. The molecule has 0 amide bonds. The van der Waals surface area contributed by atoms with Gasteiger partial charge in [0.25, 0.3) is 0 Å². The fraction of sp³-hybridized carbons (Fsp3) is 0.455. The molecule has 0 radical (unpaired) electrons. The van der Waals surface area contributed by atoms with E-state index >= 15 is 0 Å². The van der Waals surface area contributed by atoms with Crippen LogP contribution in [0.15, 0.2) is 29.2 Å². The highest BCUT2D eigenvalue weighted by Crippen LogP contribution is 2.24. The van der Waals surface area contributed by atoms with E-state index < -0.39 is 6.10 Å². The molecule has 0 heterocycles. The number of halogens is 1. The molecule has 1 rings (SSSR count). The Morgan fingerprint density at radius 1 is 1.36 bits per heavy atom. The van der Waals surface area contributed by atoms with Crippen LogP contribution in [0.1, 0.15) is 25.5 Å². The Balaban J connectivity index is 2.72. The molecule has 0 aliphatic rings. The number of hydrogen-bond acceptors (Lipinski definition) is 2. The van der Waals surface area contributed by atoms with Crippen LogP contribution in [0.2, 0.25) is 0 Å². The highest BCUT2D eigenvalue weighted by molar-refractivity contribution is 9.09. The van der Waals surface area contributed by atoms with Crippen molar-refractivity contribution in [1.82, 2.24) is 0 Å². The number of aliphatic hydroxyl groups excluding tert-OH is 1. The molecule has 0 saturated heterocycles. The van der Waals surface area contributed by atoms with Crippen molar-refractivity contribution in [2.75, 3.05) is 5.75 Å². The smallest absolute Gasteiger partial charge is 0.0912 e. The molecule has 2 atom stereocenters. The molecule has 2 unspecified atom stereocenters. The molecule has 0 saturated carbocycles. The number of alkyl halides is 1. The molecule has 1 aromatic carbocycles. The predicted molar refractivity (Wildman–Crippen MR) is 66.2 cm³/mol. The molecule has 1 aromatic rings. The van der Waals surface area contributed by atoms with Crippen molar-refractivity contribution in [1.29, 1.82) is 0 Å². The highest BCUT2D eigenvalue weighted by atomic mass is 79.9. The number of rotatable bonds is 4. The van der Waals surface area contributed by atoms with Crippen molar-refractivity contribution in [3.63, 3.8) is 0 Å². The van der Waals surface area contributed by atoms with Crippen molar-refractivity contribution >= 4 is 27.7 Å². The lowest BCUT2D eigenvalue weighted by Gasteiger charge is -2.13. The standard InChI is InChI=1S/C11H15BrOS/c1-3-14-10-6-4-9(5-7-10)11(13)8(2)12/h4-8,11,13H,3H2,1-2H3. The van der Waals surface area contributed by atoms with Gasteiger partial charge in [0.15, 0.2) is 0 Å². The SMILES string of the molecule is CCSc1ccc(C(O)C(C)Br)cc1. The average Bonchev–Trinajstić information content (AvgIpc) is 2.18. The van der Waals surface area contributed by atoms with Gasteiger partial charge in [-0.05, 0) is 30.4 Å². The van der Waals surface area contributed by atoms with Crippen molar-refractivity contribution < 1.29 is 5.11 Å². The lowest BCUT2D eigenvalue weighted by Crippen LogP contribution is -2.07. The van der Waals surface area contributed by atoms with Crippen LogP contribution in [0.4, 0.5) is 0 Å². The van der Waals surface area contributed by atoms with Crippen LogP contribution in [-0.2, 0) is 0 Å². The number of aliphatic hydroxyl groups is 1. The van der Waals surface area contributed by atoms with E-state index in [-0.39, 0.29) is 4.83 Å². The van der Waals surface area contributed by atoms with Gasteiger partial charge in [0.05, 0.1) is 6.10 Å². The molecule has 14 heavy (non-hydrogen) atoms. The first-order valence-electron chi connectivity index (χ1n) is 4.70. The largest absolute Gasteiger partial charge is 0.387 e. The average molecular weight is 275 g/mol. The third-order valence-electron chi connectivity index (χ3n) is 1.97. The molecule has 0 aliphatic carbocycles. The molecule has 0 spiro atoms. The van der Waals surface area contributed by atoms with Crippen LogP contribution in [0.3, 0.4) is 0 Å². The van der Waals surface area contributed by atoms with Gasteiger partial charge in [-0.2, -0.15) is 0 Å². The van der Waals surface area contributed by atoms with E-state index in [4.69, 9.17) is 0 Å². The van der Waals surface area contributed by atoms with E-state index in [1.54, 1.807) is 0 Å². The van der Waals surface area contributed by atoms with Crippen LogP contribution in [0, 0.1) is 0 Å². The second-order valence-corrected chi connectivity index (χ2v) is 5.91. The number of hydrogen-bond donors (Lipinski definition) is 1. The zero-order valence-corrected chi connectivity index (χ0v) is 10.8. The molecular formula is C11H15BrOS. The molecule has 78 valence electrons. The summed E-state index contributed by atoms with van der Waals surface area (Å²) in [6.07, 6.45) is -0.421. The van der Waals surface area contributed by atoms with Crippen molar-refractivity contribution in [3.05, 3.63) is 29.8 Å². The lowest BCUT2D eigenvalue weighted by atomic mass is 10.1. The Labute approximate surface area is 98.0 Å². The first-order valence-corrected chi connectivity index (χ1v) is 6.60. The van der Waals surface area contributed by atoms with Gasteiger partial charge >= 0.3 is 0 Å². The highest BCUT2D eigenvalue weighted by Gasteiger charge is 2.12. The summed E-state index contributed by atoms with van der Waals surface area (Å²) in [5.74, 6) is 1.08. The predicted octanol–water partition coefficient (Wildman–Crippen LogP) is 3.62. The van der Waals surface area contributed by atoms with Crippen molar-refractivity contribution in [2.24, 2.45) is 0 Å². The zero-order chi connectivity index (χ0) is 10.6. The van der Waals surface area contributed by atoms with Crippen molar-refractivity contribution in [2.45, 2.75) is 29.7 Å². The maximum Gasteiger partial charge on any atom is 0.0912 e. The molecule has 1 nitrogen and oxygen atoms in total. The summed E-state index contributed by atoms with van der Waals surface area (Å²) in [5.41, 5.74) is 0.967. The molecule has 1 N–H and O–H groups in total. The van der Waals surface area contributed by atoms with Crippen LogP contribution in [0.5, 0.6) is 0 Å². The third-order valence-corrected chi connectivity index (χ3v) is 3.36. The summed E-state index contributed by atoms with van der Waals surface area (Å²) in [6.45, 7) is 4.08. The van der Waals surface area contributed by atoms with Gasteiger partial charge < -0.3 is 5.11 Å². The van der Waals surface area contributed by atoms with E-state index in [1.165, 1.54) is 4.90 Å². The summed E-state index contributed by atoms with van der Waals surface area (Å²) >= 11 is 5.18. The van der Waals surface area contributed by atoms with Gasteiger partial charge in [-0.1, -0.05) is 35.0 Å². The summed E-state index contributed by atoms with van der Waals surface area (Å²) in [6, 6.07) is 8.09. The van der Waals surface area contributed by atoms with Crippen LogP contribution in [0.25, 0.3) is 0 Å². The molecular weight excluding hydrogens is 260 g/mol. The van der Waals surface area contributed by atoms with E-state index in [0.29, 0.717) is 0 Å². The molecule has 3 heteroatoms. The van der Waals surface area contributed by atoms with E-state index in [2.05, 4.69) is 35.0 Å². The Morgan fingerprint density at radius 3 is 2.36 bits per heavy atom. The van der Waals surface area contributed by atoms with Gasteiger partial charge in [0.2, 0.25) is 0 Å². The normalized spacial score (nSPS) is 15.1. The molecule has 0 aromatic heterocycles. The number of benzene rings is 1. The van der Waals surface area contributed by atoms with E-state index in [0.717, 1.165) is 11.3 Å². The maximum absolute atomic E-state index is 9.76. The first-order chi connectivity index (χ1) is 6.65. The quantitative estimate of drug-likeness (QED) is 0.669. The first kappa shape index (κ1) is 12.1. The molecule has 0 aliphatic heterocycles. The monoisotopic (exact) mass is 274 g/mol. The molecule has 0 bridgehead atoms. The van der Waals surface area contributed by atoms with E-state index in [9.17, 15) is 5.11 Å². The second-order valence-electron chi connectivity index (χ2n) is 3.12. The summed E-state index contributed by atoms with van der Waals surface area (Å²) in [5, 5.41) is 9.76. The topological polar surface area (TPSA) is 20.2 Å². The van der Waals surface area contributed by atoms with Crippen LogP contribution < -0.4 is 0 Å². The van der Waals surface area contributed by atoms with E-state index in [1.807, 2.05) is 30.8 Å². The molecule has 0 fully saturated rings.